The largest absolute Gasteiger partial charge is 0.487 e. The number of halogens is 2. The smallest absolute Gasteiger partial charge is 0.259 e. The number of carbonyl (C=O) groups is 1. The van der Waals surface area contributed by atoms with E-state index in [-0.39, 0.29) is 24.3 Å². The lowest BCUT2D eigenvalue weighted by atomic mass is 10.2. The van der Waals surface area contributed by atoms with Crippen LogP contribution < -0.4 is 21.1 Å². The number of carbonyl (C=O) groups excluding carboxylic acids is 1. The van der Waals surface area contributed by atoms with Crippen molar-refractivity contribution in [3.05, 3.63) is 40.8 Å². The summed E-state index contributed by atoms with van der Waals surface area (Å²) in [5.74, 6) is 0.0544. The number of aryl methyl sites for hydroxylation is 1. The quantitative estimate of drug-likeness (QED) is 0.582. The number of hydrogen-bond donors (Lipinski definition) is 3. The molecule has 10 heteroatoms. The van der Waals surface area contributed by atoms with Gasteiger partial charge in [0.25, 0.3) is 5.91 Å². The Morgan fingerprint density at radius 1 is 1.43 bits per heavy atom. The Hall–Kier alpha value is -2.49. The number of primary amides is 1. The third-order valence-corrected chi connectivity index (χ3v) is 5.67. The number of ether oxygens (including phenoxy) is 1. The molecule has 0 saturated carbocycles. The first-order valence-electron chi connectivity index (χ1n) is 8.51. The van der Waals surface area contributed by atoms with Gasteiger partial charge in [-0.3, -0.25) is 4.79 Å². The van der Waals surface area contributed by atoms with Gasteiger partial charge in [-0.25, -0.2) is 14.4 Å². The molecule has 148 valence electrons. The van der Waals surface area contributed by atoms with Gasteiger partial charge in [0.15, 0.2) is 0 Å². The van der Waals surface area contributed by atoms with E-state index in [9.17, 15) is 9.18 Å². The van der Waals surface area contributed by atoms with E-state index < -0.39 is 5.91 Å². The van der Waals surface area contributed by atoms with E-state index >= 15 is 0 Å². The molecule has 3 heterocycles. The van der Waals surface area contributed by atoms with Crippen molar-refractivity contribution in [1.29, 1.82) is 0 Å². The first kappa shape index (κ1) is 20.2. The van der Waals surface area contributed by atoms with Crippen LogP contribution in [-0.4, -0.2) is 35.1 Å². The summed E-state index contributed by atoms with van der Waals surface area (Å²) in [7, 11) is 0. The highest BCUT2D eigenvalue weighted by Gasteiger charge is 2.20. The van der Waals surface area contributed by atoms with Crippen LogP contribution in [0.1, 0.15) is 21.7 Å². The van der Waals surface area contributed by atoms with Crippen LogP contribution >= 0.6 is 23.7 Å². The van der Waals surface area contributed by atoms with E-state index in [0.717, 1.165) is 25.1 Å². The molecule has 7 nitrogen and oxygen atoms in total. The summed E-state index contributed by atoms with van der Waals surface area (Å²) >= 11 is 1.22. The maximum absolute atomic E-state index is 13.8. The second-order valence-corrected chi connectivity index (χ2v) is 7.32. The summed E-state index contributed by atoms with van der Waals surface area (Å²) in [6.45, 7) is 3.40. The van der Waals surface area contributed by atoms with Crippen molar-refractivity contribution in [3.8, 4) is 5.75 Å². The van der Waals surface area contributed by atoms with Crippen LogP contribution in [0.25, 0.3) is 10.2 Å². The van der Waals surface area contributed by atoms with Crippen molar-refractivity contribution >= 4 is 51.4 Å². The predicted octanol–water partition coefficient (Wildman–Crippen LogP) is 3.14. The lowest BCUT2D eigenvalue weighted by Crippen LogP contribution is -2.20. The average Bonchev–Trinajstić information content (AvgIpc) is 3.26. The predicted molar refractivity (Wildman–Crippen MR) is 110 cm³/mol. The molecule has 0 bridgehead atoms. The topological polar surface area (TPSA) is 102 Å². The molecule has 0 radical (unpaired) electrons. The van der Waals surface area contributed by atoms with Crippen LogP contribution in [0.4, 0.5) is 15.9 Å². The fourth-order valence-corrected chi connectivity index (χ4v) is 4.14. The fourth-order valence-electron chi connectivity index (χ4n) is 3.13. The number of amides is 1. The first-order valence-corrected chi connectivity index (χ1v) is 9.32. The maximum Gasteiger partial charge on any atom is 0.259 e. The summed E-state index contributed by atoms with van der Waals surface area (Å²) < 4.78 is 19.7. The highest BCUT2D eigenvalue weighted by molar-refractivity contribution is 7.20. The standard InChI is InChI=1S/C18H18FN5O2S.ClH/c1-9-14-17(22-8-23-18(14)27-15(9)16(20)25)24-12-3-2-10(19)6-13(12)26-11-4-5-21-7-11;/h2-3,6,8,11,21H,4-5,7H2,1H3,(H2,20,25)(H,22,23,24);1H. The Bertz CT molecular complexity index is 1020. The van der Waals surface area contributed by atoms with Crippen LogP contribution in [0.5, 0.6) is 5.75 Å². The number of anilines is 2. The number of nitrogens with two attached hydrogens (primary N) is 1. The van der Waals surface area contributed by atoms with Crippen LogP contribution in [-0.2, 0) is 0 Å². The molecule has 1 fully saturated rings. The third kappa shape index (κ3) is 3.87. The number of rotatable bonds is 5. The monoisotopic (exact) mass is 423 g/mol. The summed E-state index contributed by atoms with van der Waals surface area (Å²) in [5.41, 5.74) is 6.76. The van der Waals surface area contributed by atoms with E-state index in [1.807, 2.05) is 0 Å². The van der Waals surface area contributed by atoms with Crippen molar-refractivity contribution in [2.24, 2.45) is 5.73 Å². The van der Waals surface area contributed by atoms with Gasteiger partial charge in [0.2, 0.25) is 0 Å². The zero-order valence-electron chi connectivity index (χ0n) is 15.0. The molecule has 1 aliphatic heterocycles. The maximum atomic E-state index is 13.8. The number of nitrogens with one attached hydrogen (secondary N) is 2. The molecule has 4 N–H and O–H groups in total. The van der Waals surface area contributed by atoms with E-state index in [2.05, 4.69) is 20.6 Å². The lowest BCUT2D eigenvalue weighted by molar-refractivity contribution is 0.100. The average molecular weight is 424 g/mol. The third-order valence-electron chi connectivity index (χ3n) is 4.46. The van der Waals surface area contributed by atoms with Crippen molar-refractivity contribution in [2.75, 3.05) is 18.4 Å². The van der Waals surface area contributed by atoms with Crippen molar-refractivity contribution < 1.29 is 13.9 Å². The molecule has 1 amide bonds. The first-order chi connectivity index (χ1) is 13.0. The minimum absolute atomic E-state index is 0. The molecule has 1 saturated heterocycles. The highest BCUT2D eigenvalue weighted by atomic mass is 35.5. The Morgan fingerprint density at radius 2 is 2.25 bits per heavy atom. The molecule has 4 rings (SSSR count). The van der Waals surface area contributed by atoms with Crippen molar-refractivity contribution in [1.82, 2.24) is 15.3 Å². The Kier molecular flexibility index (Phi) is 5.97. The minimum atomic E-state index is -0.499. The number of hydrogen-bond acceptors (Lipinski definition) is 7. The van der Waals surface area contributed by atoms with E-state index in [0.29, 0.717) is 32.3 Å². The molecule has 0 spiro atoms. The molecule has 28 heavy (non-hydrogen) atoms. The van der Waals surface area contributed by atoms with Gasteiger partial charge in [0.05, 0.1) is 16.0 Å². The summed E-state index contributed by atoms with van der Waals surface area (Å²) in [6, 6.07) is 4.32. The minimum Gasteiger partial charge on any atom is -0.487 e. The van der Waals surface area contributed by atoms with Crippen LogP contribution in [0, 0.1) is 12.7 Å². The van der Waals surface area contributed by atoms with Crippen LogP contribution in [0.3, 0.4) is 0 Å². The summed E-state index contributed by atoms with van der Waals surface area (Å²) in [4.78, 5) is 21.3. The van der Waals surface area contributed by atoms with Crippen LogP contribution in [0.2, 0.25) is 0 Å². The van der Waals surface area contributed by atoms with Gasteiger partial charge < -0.3 is 21.1 Å². The number of benzene rings is 1. The SMILES string of the molecule is Cc1c(C(N)=O)sc2ncnc(Nc3ccc(F)cc3OC3CCNC3)c12.Cl. The fraction of sp³-hybridized carbons (Fsp3) is 0.278. The van der Waals surface area contributed by atoms with Gasteiger partial charge in [0, 0.05) is 12.6 Å². The van der Waals surface area contributed by atoms with E-state index in [4.69, 9.17) is 10.5 Å². The summed E-state index contributed by atoms with van der Waals surface area (Å²) in [5, 5.41) is 7.14. The summed E-state index contributed by atoms with van der Waals surface area (Å²) in [6.07, 6.45) is 2.26. The van der Waals surface area contributed by atoms with Gasteiger partial charge in [-0.2, -0.15) is 0 Å². The van der Waals surface area contributed by atoms with Gasteiger partial charge in [-0.1, -0.05) is 0 Å². The Balaban J connectivity index is 0.00000225. The number of nitrogens with zero attached hydrogens (tertiary/aromatic N) is 2. The highest BCUT2D eigenvalue weighted by Crippen LogP contribution is 2.36. The lowest BCUT2D eigenvalue weighted by Gasteiger charge is -2.17. The second-order valence-electron chi connectivity index (χ2n) is 6.32. The molecule has 1 aliphatic rings. The molecule has 1 atom stereocenters. The number of thiophene rings is 1. The molecular weight excluding hydrogens is 405 g/mol. The van der Waals surface area contributed by atoms with Gasteiger partial charge >= 0.3 is 0 Å². The Labute approximate surface area is 170 Å². The zero-order chi connectivity index (χ0) is 19.0. The van der Waals surface area contributed by atoms with E-state index in [1.54, 1.807) is 13.0 Å². The number of fused-ring (bicyclic) bond motifs is 1. The molecule has 2 aromatic heterocycles. The number of aromatic nitrogens is 2. The molecule has 3 aromatic rings. The van der Waals surface area contributed by atoms with Gasteiger partial charge in [0.1, 0.15) is 34.6 Å². The van der Waals surface area contributed by atoms with Crippen molar-refractivity contribution in [2.45, 2.75) is 19.4 Å². The van der Waals surface area contributed by atoms with Gasteiger partial charge in [-0.15, -0.1) is 23.7 Å². The van der Waals surface area contributed by atoms with Crippen LogP contribution in [0.15, 0.2) is 24.5 Å². The van der Waals surface area contributed by atoms with E-state index in [1.165, 1.54) is 29.8 Å². The van der Waals surface area contributed by atoms with Gasteiger partial charge in [-0.05, 0) is 37.6 Å². The Morgan fingerprint density at radius 3 is 2.96 bits per heavy atom. The van der Waals surface area contributed by atoms with Crippen molar-refractivity contribution in [3.63, 3.8) is 0 Å². The molecule has 1 unspecified atom stereocenters. The molecule has 1 aromatic carbocycles. The normalized spacial score (nSPS) is 16.0. The molecule has 0 aliphatic carbocycles. The molecular formula is C18H19ClFN5O2S. The zero-order valence-corrected chi connectivity index (χ0v) is 16.6. The second kappa shape index (κ2) is 8.26.